The fourth-order valence-electron chi connectivity index (χ4n) is 5.66. The maximum Gasteiger partial charge on any atom is 0.227 e. The molecule has 4 fully saturated rings. The van der Waals surface area contributed by atoms with Gasteiger partial charge in [-0.15, -0.1) is 0 Å². The van der Waals surface area contributed by atoms with Gasteiger partial charge in [0, 0.05) is 18.5 Å². The predicted octanol–water partition coefficient (Wildman–Crippen LogP) is 3.60. The molecular weight excluding hydrogens is 358 g/mol. The lowest BCUT2D eigenvalue weighted by atomic mass is 9.75. The summed E-state index contributed by atoms with van der Waals surface area (Å²) in [6, 6.07) is 14.4. The summed E-state index contributed by atoms with van der Waals surface area (Å²) in [5.74, 6) is -1.19. The number of fused-ring (bicyclic) bond motifs is 2. The lowest BCUT2D eigenvalue weighted by molar-refractivity contribution is -0.135. The Labute approximate surface area is 163 Å². The summed E-state index contributed by atoms with van der Waals surface area (Å²) in [6.07, 6.45) is 2.51. The first-order valence-electron chi connectivity index (χ1n) is 10.1. The SMILES string of the molecule is O=C(Cc1ccccc1)N1C[C@@H](c2cccc(F)c2F)[C@@H]2[C@H]1C1CCN2CC1. The van der Waals surface area contributed by atoms with Crippen molar-refractivity contribution >= 4 is 5.91 Å². The molecule has 0 saturated carbocycles. The Morgan fingerprint density at radius 3 is 2.46 bits per heavy atom. The molecule has 2 aromatic rings. The van der Waals surface area contributed by atoms with Crippen molar-refractivity contribution in [2.24, 2.45) is 5.92 Å². The van der Waals surface area contributed by atoms with Crippen molar-refractivity contribution in [3.05, 3.63) is 71.3 Å². The van der Waals surface area contributed by atoms with Gasteiger partial charge in [-0.25, -0.2) is 8.78 Å². The van der Waals surface area contributed by atoms with Gasteiger partial charge in [0.05, 0.1) is 12.5 Å². The highest BCUT2D eigenvalue weighted by atomic mass is 19.2. The number of piperidine rings is 3. The van der Waals surface area contributed by atoms with Gasteiger partial charge in [-0.05, 0) is 49.0 Å². The van der Waals surface area contributed by atoms with E-state index in [1.54, 1.807) is 12.1 Å². The molecule has 28 heavy (non-hydrogen) atoms. The number of likely N-dealkylation sites (tertiary alicyclic amines) is 1. The van der Waals surface area contributed by atoms with Crippen molar-refractivity contribution in [2.75, 3.05) is 19.6 Å². The largest absolute Gasteiger partial charge is 0.337 e. The van der Waals surface area contributed by atoms with Crippen molar-refractivity contribution in [1.82, 2.24) is 9.80 Å². The van der Waals surface area contributed by atoms with Crippen LogP contribution >= 0.6 is 0 Å². The van der Waals surface area contributed by atoms with Crippen LogP contribution in [0.3, 0.4) is 0 Å². The summed E-state index contributed by atoms with van der Waals surface area (Å²) in [4.78, 5) is 17.6. The number of carbonyl (C=O) groups excluding carboxylic acids is 1. The molecule has 4 saturated heterocycles. The highest BCUT2D eigenvalue weighted by Crippen LogP contribution is 2.47. The Hall–Kier alpha value is -2.27. The third kappa shape index (κ3) is 2.84. The van der Waals surface area contributed by atoms with Crippen molar-refractivity contribution in [2.45, 2.75) is 37.3 Å². The smallest absolute Gasteiger partial charge is 0.227 e. The third-order valence-electron chi connectivity index (χ3n) is 6.89. The topological polar surface area (TPSA) is 23.6 Å². The Morgan fingerprint density at radius 1 is 0.964 bits per heavy atom. The summed E-state index contributed by atoms with van der Waals surface area (Å²) in [7, 11) is 0. The first-order chi connectivity index (χ1) is 13.6. The Kier molecular flexibility index (Phi) is 4.43. The van der Waals surface area contributed by atoms with Crippen LogP contribution in [0.1, 0.15) is 29.9 Å². The van der Waals surface area contributed by atoms with Crippen LogP contribution in [0.2, 0.25) is 0 Å². The van der Waals surface area contributed by atoms with Gasteiger partial charge in [-0.3, -0.25) is 9.69 Å². The van der Waals surface area contributed by atoms with E-state index in [9.17, 15) is 13.6 Å². The fourth-order valence-corrected chi connectivity index (χ4v) is 5.66. The quantitative estimate of drug-likeness (QED) is 0.810. The lowest BCUT2D eigenvalue weighted by Crippen LogP contribution is -2.60. The molecule has 0 N–H and O–H groups in total. The summed E-state index contributed by atoms with van der Waals surface area (Å²) >= 11 is 0. The average Bonchev–Trinajstić information content (AvgIpc) is 3.15. The minimum atomic E-state index is -0.806. The maximum atomic E-state index is 14.6. The molecule has 4 aliphatic rings. The van der Waals surface area contributed by atoms with Gasteiger partial charge >= 0.3 is 0 Å². The van der Waals surface area contributed by atoms with Crippen LogP contribution in [0.4, 0.5) is 8.78 Å². The van der Waals surface area contributed by atoms with Crippen LogP contribution in [0.25, 0.3) is 0 Å². The second-order valence-electron chi connectivity index (χ2n) is 8.31. The molecule has 146 valence electrons. The number of benzene rings is 2. The monoisotopic (exact) mass is 382 g/mol. The zero-order valence-electron chi connectivity index (χ0n) is 15.7. The van der Waals surface area contributed by atoms with Crippen LogP contribution in [-0.4, -0.2) is 47.4 Å². The molecular formula is C23H24F2N2O. The summed E-state index contributed by atoms with van der Waals surface area (Å²) in [6.45, 7) is 2.44. The van der Waals surface area contributed by atoms with Gasteiger partial charge in [0.25, 0.3) is 0 Å². The van der Waals surface area contributed by atoms with E-state index in [4.69, 9.17) is 0 Å². The molecule has 0 spiro atoms. The number of carbonyl (C=O) groups is 1. The van der Waals surface area contributed by atoms with Crippen molar-refractivity contribution in [1.29, 1.82) is 0 Å². The number of rotatable bonds is 3. The first-order valence-corrected chi connectivity index (χ1v) is 10.1. The fraction of sp³-hybridized carbons (Fsp3) is 0.435. The molecule has 1 amide bonds. The van der Waals surface area contributed by atoms with Gasteiger partial charge in [0.15, 0.2) is 11.6 Å². The van der Waals surface area contributed by atoms with Crippen LogP contribution in [0.15, 0.2) is 48.5 Å². The summed E-state index contributed by atoms with van der Waals surface area (Å²) in [5.41, 5.74) is 1.41. The minimum absolute atomic E-state index is 0.0866. The summed E-state index contributed by atoms with van der Waals surface area (Å²) in [5, 5.41) is 0. The molecule has 3 atom stereocenters. The molecule has 6 rings (SSSR count). The Bertz CT molecular complexity index is 879. The van der Waals surface area contributed by atoms with Crippen molar-refractivity contribution in [3.63, 3.8) is 0 Å². The van der Waals surface area contributed by atoms with Crippen LogP contribution in [0.5, 0.6) is 0 Å². The van der Waals surface area contributed by atoms with Crippen molar-refractivity contribution in [3.8, 4) is 0 Å². The van der Waals surface area contributed by atoms with Gasteiger partial charge < -0.3 is 4.90 Å². The maximum absolute atomic E-state index is 14.6. The van der Waals surface area contributed by atoms with Gasteiger partial charge in [-0.2, -0.15) is 0 Å². The molecule has 0 aliphatic carbocycles. The van der Waals surface area contributed by atoms with Crippen LogP contribution < -0.4 is 0 Å². The Balaban J connectivity index is 1.49. The predicted molar refractivity (Wildman–Crippen MR) is 103 cm³/mol. The van der Waals surface area contributed by atoms with E-state index in [2.05, 4.69) is 4.90 Å². The number of nitrogens with zero attached hydrogens (tertiary/aromatic N) is 2. The lowest BCUT2D eigenvalue weighted by Gasteiger charge is -2.51. The second kappa shape index (κ2) is 6.96. The van der Waals surface area contributed by atoms with E-state index in [1.807, 2.05) is 35.2 Å². The zero-order valence-corrected chi connectivity index (χ0v) is 15.7. The number of hydrogen-bond donors (Lipinski definition) is 0. The van der Waals surface area contributed by atoms with E-state index < -0.39 is 11.6 Å². The standard InChI is InChI=1S/C23H24F2N2O/c24-19-8-4-7-17(21(19)25)18-14-27(20(28)13-15-5-2-1-3-6-15)22-16-9-11-26(12-10-16)23(18)22/h1-8,16,18,22-23H,9-14H2/t18-,22+,23+/m0/s1. The summed E-state index contributed by atoms with van der Waals surface area (Å²) < 4.78 is 28.6. The zero-order chi connectivity index (χ0) is 19.3. The van der Waals surface area contributed by atoms with E-state index in [0.717, 1.165) is 37.6 Å². The molecule has 2 aromatic carbocycles. The molecule has 5 heteroatoms. The first kappa shape index (κ1) is 17.8. The number of halogens is 2. The van der Waals surface area contributed by atoms with Crippen LogP contribution in [-0.2, 0) is 11.2 Å². The average molecular weight is 382 g/mol. The van der Waals surface area contributed by atoms with E-state index >= 15 is 0 Å². The van der Waals surface area contributed by atoms with E-state index in [1.165, 1.54) is 0 Å². The molecule has 2 bridgehead atoms. The number of amides is 1. The Morgan fingerprint density at radius 2 is 1.71 bits per heavy atom. The molecule has 4 heterocycles. The molecule has 3 nitrogen and oxygen atoms in total. The molecule has 4 aliphatic heterocycles. The minimum Gasteiger partial charge on any atom is -0.337 e. The van der Waals surface area contributed by atoms with Gasteiger partial charge in [0.1, 0.15) is 0 Å². The van der Waals surface area contributed by atoms with E-state index in [-0.39, 0.29) is 23.9 Å². The third-order valence-corrected chi connectivity index (χ3v) is 6.89. The van der Waals surface area contributed by atoms with E-state index in [0.29, 0.717) is 24.4 Å². The van der Waals surface area contributed by atoms with Gasteiger partial charge in [0.2, 0.25) is 5.91 Å². The second-order valence-corrected chi connectivity index (χ2v) is 8.31. The molecule has 0 aromatic heterocycles. The highest BCUT2D eigenvalue weighted by molar-refractivity contribution is 5.80. The molecule has 0 unspecified atom stereocenters. The molecule has 0 radical (unpaired) electrons. The van der Waals surface area contributed by atoms with Gasteiger partial charge in [-0.1, -0.05) is 42.5 Å². The van der Waals surface area contributed by atoms with Crippen molar-refractivity contribution < 1.29 is 13.6 Å². The normalized spacial score (nSPS) is 31.1. The number of hydrogen-bond acceptors (Lipinski definition) is 2. The van der Waals surface area contributed by atoms with Crippen LogP contribution in [0, 0.1) is 17.6 Å². The highest BCUT2D eigenvalue weighted by Gasteiger charge is 2.55.